The Bertz CT molecular complexity index is 382. The minimum Gasteiger partial charge on any atom is -0.307 e. The Hall–Kier alpha value is -0.500. The number of benzene rings is 1. The molecule has 0 amide bonds. The Kier molecular flexibility index (Phi) is 5.33. The van der Waals surface area contributed by atoms with E-state index in [-0.39, 0.29) is 6.04 Å². The third kappa shape index (κ3) is 3.51. The van der Waals surface area contributed by atoms with Gasteiger partial charge in [-0.25, -0.2) is 0 Å². The third-order valence-corrected chi connectivity index (χ3v) is 3.07. The molecule has 1 aromatic rings. The third-order valence-electron chi connectivity index (χ3n) is 2.24. The van der Waals surface area contributed by atoms with E-state index in [1.165, 1.54) is 5.57 Å². The van der Waals surface area contributed by atoms with Gasteiger partial charge in [0.25, 0.3) is 0 Å². The first kappa shape index (κ1) is 13.6. The molecule has 1 unspecified atom stereocenters. The van der Waals surface area contributed by atoms with E-state index < -0.39 is 0 Å². The highest BCUT2D eigenvalue weighted by Crippen LogP contribution is 2.30. The summed E-state index contributed by atoms with van der Waals surface area (Å²) in [4.78, 5) is 0. The Labute approximate surface area is 107 Å². The number of rotatable bonds is 4. The van der Waals surface area contributed by atoms with Gasteiger partial charge in [0.1, 0.15) is 0 Å². The second-order valence-corrected chi connectivity index (χ2v) is 4.71. The van der Waals surface area contributed by atoms with E-state index in [4.69, 9.17) is 23.2 Å². The van der Waals surface area contributed by atoms with Crippen molar-refractivity contribution in [1.29, 1.82) is 0 Å². The molecule has 0 fully saturated rings. The SMILES string of the molecule is CCNC(C=C(C)C)c1cccc(Cl)c1Cl. The maximum absolute atomic E-state index is 6.21. The summed E-state index contributed by atoms with van der Waals surface area (Å²) in [6.45, 7) is 7.10. The molecule has 0 aliphatic rings. The van der Waals surface area contributed by atoms with Crippen molar-refractivity contribution in [3.8, 4) is 0 Å². The van der Waals surface area contributed by atoms with Crippen LogP contribution in [0.2, 0.25) is 10.0 Å². The summed E-state index contributed by atoms with van der Waals surface area (Å²) in [6, 6.07) is 5.85. The number of nitrogens with one attached hydrogen (secondary N) is 1. The molecule has 16 heavy (non-hydrogen) atoms. The van der Waals surface area contributed by atoms with Crippen LogP contribution in [-0.4, -0.2) is 6.54 Å². The Morgan fingerprint density at radius 1 is 1.38 bits per heavy atom. The standard InChI is InChI=1S/C13H17Cl2N/c1-4-16-12(8-9(2)3)10-6-5-7-11(14)13(10)15/h5-8,12,16H,4H2,1-3H3. The van der Waals surface area contributed by atoms with Crippen LogP contribution in [0.4, 0.5) is 0 Å². The van der Waals surface area contributed by atoms with E-state index in [9.17, 15) is 0 Å². The summed E-state index contributed by atoms with van der Waals surface area (Å²) in [5.41, 5.74) is 2.28. The zero-order valence-corrected chi connectivity index (χ0v) is 11.4. The van der Waals surface area contributed by atoms with E-state index in [1.807, 2.05) is 12.1 Å². The van der Waals surface area contributed by atoms with Gasteiger partial charge in [0, 0.05) is 0 Å². The van der Waals surface area contributed by atoms with Gasteiger partial charge in [0.05, 0.1) is 16.1 Å². The van der Waals surface area contributed by atoms with Crippen LogP contribution in [0.3, 0.4) is 0 Å². The molecule has 0 aliphatic heterocycles. The molecule has 0 aliphatic carbocycles. The van der Waals surface area contributed by atoms with E-state index in [1.54, 1.807) is 6.07 Å². The summed E-state index contributed by atoms with van der Waals surface area (Å²) in [7, 11) is 0. The fourth-order valence-electron chi connectivity index (χ4n) is 1.57. The maximum atomic E-state index is 6.21. The molecule has 1 N–H and O–H groups in total. The van der Waals surface area contributed by atoms with Gasteiger partial charge in [-0.3, -0.25) is 0 Å². The molecule has 0 aromatic heterocycles. The smallest absolute Gasteiger partial charge is 0.0643 e. The fourth-order valence-corrected chi connectivity index (χ4v) is 2.00. The highest BCUT2D eigenvalue weighted by molar-refractivity contribution is 6.42. The number of hydrogen-bond donors (Lipinski definition) is 1. The molecular weight excluding hydrogens is 241 g/mol. The highest BCUT2D eigenvalue weighted by Gasteiger charge is 2.12. The van der Waals surface area contributed by atoms with Crippen molar-refractivity contribution in [1.82, 2.24) is 5.32 Å². The lowest BCUT2D eigenvalue weighted by molar-refractivity contribution is 0.645. The number of halogens is 2. The van der Waals surface area contributed by atoms with E-state index in [0.29, 0.717) is 10.0 Å². The van der Waals surface area contributed by atoms with Crippen LogP contribution in [0, 0.1) is 0 Å². The van der Waals surface area contributed by atoms with Crippen molar-refractivity contribution < 1.29 is 0 Å². The molecule has 1 aromatic carbocycles. The fraction of sp³-hybridized carbons (Fsp3) is 0.385. The lowest BCUT2D eigenvalue weighted by atomic mass is 10.0. The van der Waals surface area contributed by atoms with Crippen molar-refractivity contribution in [3.05, 3.63) is 45.5 Å². The number of likely N-dealkylation sites (N-methyl/N-ethyl adjacent to an activating group) is 1. The van der Waals surface area contributed by atoms with Crippen molar-refractivity contribution in [3.63, 3.8) is 0 Å². The normalized spacial score (nSPS) is 12.3. The van der Waals surface area contributed by atoms with Crippen LogP contribution in [0.1, 0.15) is 32.4 Å². The van der Waals surface area contributed by atoms with E-state index in [2.05, 4.69) is 32.2 Å². The first-order chi connectivity index (χ1) is 7.56. The first-order valence-electron chi connectivity index (χ1n) is 5.38. The molecule has 1 atom stereocenters. The molecule has 1 nitrogen and oxygen atoms in total. The van der Waals surface area contributed by atoms with Gasteiger partial charge < -0.3 is 5.32 Å². The first-order valence-corrected chi connectivity index (χ1v) is 6.14. The average Bonchev–Trinajstić information content (AvgIpc) is 2.21. The predicted octanol–water partition coefficient (Wildman–Crippen LogP) is 4.61. The van der Waals surface area contributed by atoms with Gasteiger partial charge in [0.2, 0.25) is 0 Å². The molecule has 0 radical (unpaired) electrons. The zero-order valence-electron chi connectivity index (χ0n) is 9.85. The van der Waals surface area contributed by atoms with Crippen LogP contribution in [0.5, 0.6) is 0 Å². The molecular formula is C13H17Cl2N. The van der Waals surface area contributed by atoms with Gasteiger partial charge in [0.15, 0.2) is 0 Å². The summed E-state index contributed by atoms with van der Waals surface area (Å²) in [5.74, 6) is 0. The van der Waals surface area contributed by atoms with Crippen molar-refractivity contribution in [2.24, 2.45) is 0 Å². The Balaban J connectivity index is 3.10. The molecule has 0 saturated heterocycles. The molecule has 0 saturated carbocycles. The summed E-state index contributed by atoms with van der Waals surface area (Å²) in [6.07, 6.45) is 2.15. The second kappa shape index (κ2) is 6.29. The second-order valence-electron chi connectivity index (χ2n) is 3.92. The molecule has 0 heterocycles. The van der Waals surface area contributed by atoms with Crippen LogP contribution in [0.15, 0.2) is 29.8 Å². The molecule has 1 rings (SSSR count). The Morgan fingerprint density at radius 3 is 2.62 bits per heavy atom. The molecule has 3 heteroatoms. The predicted molar refractivity (Wildman–Crippen MR) is 72.3 cm³/mol. The van der Waals surface area contributed by atoms with Gasteiger partial charge in [-0.1, -0.05) is 53.9 Å². The number of allylic oxidation sites excluding steroid dienone is 1. The van der Waals surface area contributed by atoms with Gasteiger partial charge in [-0.15, -0.1) is 0 Å². The largest absolute Gasteiger partial charge is 0.307 e. The number of hydrogen-bond acceptors (Lipinski definition) is 1. The molecule has 0 bridgehead atoms. The minimum absolute atomic E-state index is 0.126. The summed E-state index contributed by atoms with van der Waals surface area (Å²) >= 11 is 12.2. The van der Waals surface area contributed by atoms with Crippen LogP contribution in [0.25, 0.3) is 0 Å². The highest BCUT2D eigenvalue weighted by atomic mass is 35.5. The van der Waals surface area contributed by atoms with Gasteiger partial charge in [-0.05, 0) is 32.0 Å². The van der Waals surface area contributed by atoms with Crippen LogP contribution in [-0.2, 0) is 0 Å². The topological polar surface area (TPSA) is 12.0 Å². The maximum Gasteiger partial charge on any atom is 0.0643 e. The zero-order chi connectivity index (χ0) is 12.1. The monoisotopic (exact) mass is 257 g/mol. The summed E-state index contributed by atoms with van der Waals surface area (Å²) in [5, 5.41) is 4.61. The van der Waals surface area contributed by atoms with Gasteiger partial charge in [-0.2, -0.15) is 0 Å². The average molecular weight is 258 g/mol. The Morgan fingerprint density at radius 2 is 2.06 bits per heavy atom. The van der Waals surface area contributed by atoms with E-state index >= 15 is 0 Å². The summed E-state index contributed by atoms with van der Waals surface area (Å²) < 4.78 is 0. The van der Waals surface area contributed by atoms with Crippen molar-refractivity contribution in [2.75, 3.05) is 6.54 Å². The molecule has 88 valence electrons. The van der Waals surface area contributed by atoms with Crippen LogP contribution >= 0.6 is 23.2 Å². The van der Waals surface area contributed by atoms with E-state index in [0.717, 1.165) is 12.1 Å². The lowest BCUT2D eigenvalue weighted by Gasteiger charge is -2.17. The van der Waals surface area contributed by atoms with Crippen LogP contribution < -0.4 is 5.32 Å². The molecule has 0 spiro atoms. The quantitative estimate of drug-likeness (QED) is 0.777. The van der Waals surface area contributed by atoms with Crippen molar-refractivity contribution >= 4 is 23.2 Å². The lowest BCUT2D eigenvalue weighted by Crippen LogP contribution is -2.19. The van der Waals surface area contributed by atoms with Crippen molar-refractivity contribution in [2.45, 2.75) is 26.8 Å². The minimum atomic E-state index is 0.126. The van der Waals surface area contributed by atoms with Gasteiger partial charge >= 0.3 is 0 Å².